The van der Waals surface area contributed by atoms with Crippen molar-refractivity contribution in [2.45, 2.75) is 77.7 Å². The van der Waals surface area contributed by atoms with Gasteiger partial charge in [-0.25, -0.2) is 4.79 Å². The zero-order valence-corrected chi connectivity index (χ0v) is 15.7. The number of nitrogens with one attached hydrogen (secondary N) is 1. The van der Waals surface area contributed by atoms with Gasteiger partial charge < -0.3 is 20.1 Å². The summed E-state index contributed by atoms with van der Waals surface area (Å²) in [6.45, 7) is 6.47. The van der Waals surface area contributed by atoms with Crippen molar-refractivity contribution >= 4 is 12.1 Å². The molecule has 0 aliphatic heterocycles. The van der Waals surface area contributed by atoms with E-state index in [9.17, 15) is 9.59 Å². The van der Waals surface area contributed by atoms with Gasteiger partial charge in [0.25, 0.3) is 0 Å². The number of carbonyl (C=O) groups excluding carboxylic acids is 1. The molecule has 0 aromatic heterocycles. The van der Waals surface area contributed by atoms with Crippen LogP contribution in [0.4, 0.5) is 4.79 Å². The number of carboxylic acids is 1. The van der Waals surface area contributed by atoms with E-state index in [0.29, 0.717) is 13.0 Å². The monoisotopic (exact) mass is 344 g/mol. The third-order valence-corrected chi connectivity index (χ3v) is 4.14. The van der Waals surface area contributed by atoms with E-state index >= 15 is 0 Å². The number of carbonyl (C=O) groups is 2. The topological polar surface area (TPSA) is 78.9 Å². The lowest BCUT2D eigenvalue weighted by Gasteiger charge is -2.19. The van der Waals surface area contributed by atoms with Gasteiger partial charge in [-0.2, -0.15) is 0 Å². The van der Waals surface area contributed by atoms with Crippen molar-refractivity contribution in [1.82, 2.24) is 10.2 Å². The molecule has 0 aromatic rings. The van der Waals surface area contributed by atoms with E-state index in [1.807, 2.05) is 7.05 Å². The van der Waals surface area contributed by atoms with Crippen molar-refractivity contribution in [2.24, 2.45) is 0 Å². The maximum atomic E-state index is 11.8. The summed E-state index contributed by atoms with van der Waals surface area (Å²) in [5, 5.41) is 11.6. The van der Waals surface area contributed by atoms with Crippen LogP contribution in [0.5, 0.6) is 0 Å². The zero-order chi connectivity index (χ0) is 18.2. The van der Waals surface area contributed by atoms with Gasteiger partial charge in [-0.15, -0.1) is 0 Å². The minimum Gasteiger partial charge on any atom is -0.481 e. The maximum absolute atomic E-state index is 11.8. The Balaban J connectivity index is 4.04. The number of unbranched alkanes of at least 4 members (excludes halogenated alkanes) is 5. The second kappa shape index (κ2) is 15.2. The summed E-state index contributed by atoms with van der Waals surface area (Å²) < 4.78 is 5.41. The number of carboxylic acid groups (broad SMARTS) is 1. The third kappa shape index (κ3) is 14.3. The number of alkyl carbamates (subject to hydrolysis) is 1. The first-order valence-electron chi connectivity index (χ1n) is 9.34. The fourth-order valence-corrected chi connectivity index (χ4v) is 2.40. The van der Waals surface area contributed by atoms with E-state index in [-0.39, 0.29) is 12.5 Å². The van der Waals surface area contributed by atoms with Gasteiger partial charge in [-0.05, 0) is 32.9 Å². The smallest absolute Gasteiger partial charge is 0.407 e. The van der Waals surface area contributed by atoms with Gasteiger partial charge in [0, 0.05) is 19.5 Å². The maximum Gasteiger partial charge on any atom is 0.407 e. The van der Waals surface area contributed by atoms with Crippen LogP contribution in [-0.2, 0) is 9.53 Å². The normalized spacial score (nSPS) is 12.2. The van der Waals surface area contributed by atoms with E-state index < -0.39 is 12.1 Å². The van der Waals surface area contributed by atoms with Crippen LogP contribution >= 0.6 is 0 Å². The highest BCUT2D eigenvalue weighted by Crippen LogP contribution is 2.14. The van der Waals surface area contributed by atoms with E-state index in [2.05, 4.69) is 24.1 Å². The molecule has 6 nitrogen and oxygen atoms in total. The van der Waals surface area contributed by atoms with Crippen molar-refractivity contribution in [3.63, 3.8) is 0 Å². The first kappa shape index (κ1) is 22.7. The first-order chi connectivity index (χ1) is 11.5. The Morgan fingerprint density at radius 1 is 1.08 bits per heavy atom. The summed E-state index contributed by atoms with van der Waals surface area (Å²) in [7, 11) is 1.99. The molecule has 1 amide bonds. The second-order valence-corrected chi connectivity index (χ2v) is 6.34. The summed E-state index contributed by atoms with van der Waals surface area (Å²) in [4.78, 5) is 24.7. The van der Waals surface area contributed by atoms with Crippen LogP contribution in [0.2, 0.25) is 0 Å². The standard InChI is InChI=1S/C18H36N2O4/c1-4-6-7-8-9-10-11-16(12-13-17(21)22)24-18(23)19-14-15-20(3)5-2/h16H,4-15H2,1-3H3,(H,19,23)(H,21,22)/t16-/m1/s1. The van der Waals surface area contributed by atoms with E-state index in [4.69, 9.17) is 9.84 Å². The van der Waals surface area contributed by atoms with Gasteiger partial charge in [0.05, 0.1) is 0 Å². The Morgan fingerprint density at radius 2 is 1.75 bits per heavy atom. The molecule has 0 rings (SSSR count). The molecule has 0 aromatic carbocycles. The number of amides is 1. The Hall–Kier alpha value is -1.30. The van der Waals surface area contributed by atoms with Crippen molar-refractivity contribution in [1.29, 1.82) is 0 Å². The lowest BCUT2D eigenvalue weighted by atomic mass is 10.0. The van der Waals surface area contributed by atoms with Crippen LogP contribution in [0, 0.1) is 0 Å². The number of aliphatic carboxylic acids is 1. The highest BCUT2D eigenvalue weighted by molar-refractivity contribution is 5.68. The zero-order valence-electron chi connectivity index (χ0n) is 15.7. The van der Waals surface area contributed by atoms with E-state index in [0.717, 1.165) is 32.4 Å². The minimum atomic E-state index is -0.850. The summed E-state index contributed by atoms with van der Waals surface area (Å²) in [6, 6.07) is 0. The molecular formula is C18H36N2O4. The van der Waals surface area contributed by atoms with Gasteiger partial charge in [0.2, 0.25) is 0 Å². The number of ether oxygens (including phenoxy) is 1. The summed E-state index contributed by atoms with van der Waals surface area (Å²) >= 11 is 0. The lowest BCUT2D eigenvalue weighted by molar-refractivity contribution is -0.137. The van der Waals surface area contributed by atoms with Crippen LogP contribution in [0.1, 0.15) is 71.6 Å². The van der Waals surface area contributed by atoms with Crippen LogP contribution in [0.3, 0.4) is 0 Å². The van der Waals surface area contributed by atoms with Crippen molar-refractivity contribution in [3.05, 3.63) is 0 Å². The van der Waals surface area contributed by atoms with Crippen molar-refractivity contribution in [2.75, 3.05) is 26.7 Å². The molecule has 0 spiro atoms. The predicted molar refractivity (Wildman–Crippen MR) is 96.3 cm³/mol. The molecule has 0 unspecified atom stereocenters. The Morgan fingerprint density at radius 3 is 2.38 bits per heavy atom. The molecule has 0 fully saturated rings. The molecule has 0 radical (unpaired) electrons. The Kier molecular flexibility index (Phi) is 14.4. The molecule has 6 heteroatoms. The predicted octanol–water partition coefficient (Wildman–Crippen LogP) is 3.65. The van der Waals surface area contributed by atoms with Gasteiger partial charge in [0.1, 0.15) is 6.10 Å². The van der Waals surface area contributed by atoms with Crippen LogP contribution in [-0.4, -0.2) is 54.9 Å². The van der Waals surface area contributed by atoms with Gasteiger partial charge >= 0.3 is 12.1 Å². The number of likely N-dealkylation sites (N-methyl/N-ethyl adjacent to an activating group) is 1. The average molecular weight is 344 g/mol. The number of hydrogen-bond donors (Lipinski definition) is 2. The van der Waals surface area contributed by atoms with Gasteiger partial charge in [0.15, 0.2) is 0 Å². The van der Waals surface area contributed by atoms with Crippen LogP contribution in [0.15, 0.2) is 0 Å². The largest absolute Gasteiger partial charge is 0.481 e. The molecule has 142 valence electrons. The minimum absolute atomic E-state index is 0.0341. The molecule has 0 saturated heterocycles. The fraction of sp³-hybridized carbons (Fsp3) is 0.889. The van der Waals surface area contributed by atoms with Crippen LogP contribution in [0.25, 0.3) is 0 Å². The molecule has 0 aliphatic carbocycles. The number of nitrogens with zero attached hydrogens (tertiary/aromatic N) is 1. The molecule has 0 bridgehead atoms. The molecule has 24 heavy (non-hydrogen) atoms. The summed E-state index contributed by atoms with van der Waals surface area (Å²) in [5.74, 6) is -0.850. The Bertz CT molecular complexity index is 337. The summed E-state index contributed by atoms with van der Waals surface area (Å²) in [5.41, 5.74) is 0. The van der Waals surface area contributed by atoms with Crippen molar-refractivity contribution in [3.8, 4) is 0 Å². The fourth-order valence-electron chi connectivity index (χ4n) is 2.40. The average Bonchev–Trinajstić information content (AvgIpc) is 2.55. The van der Waals surface area contributed by atoms with E-state index in [1.165, 1.54) is 25.7 Å². The third-order valence-electron chi connectivity index (χ3n) is 4.14. The molecule has 0 heterocycles. The molecular weight excluding hydrogens is 308 g/mol. The Labute approximate surface area is 146 Å². The number of hydrogen-bond acceptors (Lipinski definition) is 4. The lowest BCUT2D eigenvalue weighted by Crippen LogP contribution is -2.35. The molecule has 1 atom stereocenters. The number of rotatable bonds is 15. The molecule has 0 saturated carbocycles. The quantitative estimate of drug-likeness (QED) is 0.443. The second-order valence-electron chi connectivity index (χ2n) is 6.34. The molecule has 0 aliphatic rings. The van der Waals surface area contributed by atoms with Gasteiger partial charge in [-0.1, -0.05) is 46.0 Å². The SMILES string of the molecule is CCCCCCCC[C@H](CCC(=O)O)OC(=O)NCCN(C)CC. The highest BCUT2D eigenvalue weighted by atomic mass is 16.6. The van der Waals surface area contributed by atoms with E-state index in [1.54, 1.807) is 0 Å². The summed E-state index contributed by atoms with van der Waals surface area (Å²) in [6.07, 6.45) is 7.39. The highest BCUT2D eigenvalue weighted by Gasteiger charge is 2.15. The van der Waals surface area contributed by atoms with Crippen molar-refractivity contribution < 1.29 is 19.4 Å². The molecule has 2 N–H and O–H groups in total. The van der Waals surface area contributed by atoms with Gasteiger partial charge in [-0.3, -0.25) is 4.79 Å². The first-order valence-corrected chi connectivity index (χ1v) is 9.34. The van der Waals surface area contributed by atoms with Crippen LogP contribution < -0.4 is 5.32 Å².